The van der Waals surface area contributed by atoms with Crippen LogP contribution in [0.1, 0.15) is 43.2 Å². The van der Waals surface area contributed by atoms with Crippen LogP contribution < -0.4 is 10.1 Å². The Balaban J connectivity index is 1.48. The summed E-state index contributed by atoms with van der Waals surface area (Å²) in [5.74, 6) is 0.171. The number of nitrogens with zero attached hydrogens (tertiary/aromatic N) is 2. The second-order valence-corrected chi connectivity index (χ2v) is 9.38. The van der Waals surface area contributed by atoms with Crippen LogP contribution in [0.4, 0.5) is 9.18 Å². The molecule has 1 N–H and O–H groups in total. The van der Waals surface area contributed by atoms with Crippen LogP contribution in [-0.4, -0.2) is 53.5 Å². The Hall–Kier alpha value is -2.61. The van der Waals surface area contributed by atoms with Crippen molar-refractivity contribution in [2.24, 2.45) is 0 Å². The van der Waals surface area contributed by atoms with E-state index in [0.29, 0.717) is 12.3 Å². The summed E-state index contributed by atoms with van der Waals surface area (Å²) in [4.78, 5) is 30.7. The van der Waals surface area contributed by atoms with E-state index in [0.717, 1.165) is 24.8 Å². The van der Waals surface area contributed by atoms with Crippen molar-refractivity contribution in [3.05, 3.63) is 52.0 Å². The summed E-state index contributed by atoms with van der Waals surface area (Å²) < 4.78 is 19.1. The quantitative estimate of drug-likeness (QED) is 0.701. The van der Waals surface area contributed by atoms with Gasteiger partial charge in [0.2, 0.25) is 5.91 Å². The maximum absolute atomic E-state index is 13.3. The molecule has 1 aliphatic heterocycles. The molecule has 1 fully saturated rings. The van der Waals surface area contributed by atoms with Gasteiger partial charge in [-0.2, -0.15) is 0 Å². The van der Waals surface area contributed by atoms with Crippen LogP contribution in [0.3, 0.4) is 0 Å². The molecule has 6 nitrogen and oxygen atoms in total. The van der Waals surface area contributed by atoms with E-state index in [1.807, 2.05) is 30.2 Å². The average molecular weight is 446 g/mol. The van der Waals surface area contributed by atoms with Gasteiger partial charge in [0.1, 0.15) is 24.7 Å². The lowest BCUT2D eigenvalue weighted by Gasteiger charge is -2.37. The highest BCUT2D eigenvalue weighted by Gasteiger charge is 2.38. The van der Waals surface area contributed by atoms with Crippen molar-refractivity contribution in [2.75, 3.05) is 19.7 Å². The second kappa shape index (κ2) is 9.26. The Kier molecular flexibility index (Phi) is 6.46. The van der Waals surface area contributed by atoms with E-state index in [4.69, 9.17) is 4.74 Å². The SMILES string of the molecule is CC(C)NC(=O)N(CC(=O)N1CCc2sccc2[C@@H]1COc1ccc(F)cc1)C1CC1. The second-order valence-electron chi connectivity index (χ2n) is 8.38. The number of ether oxygens (including phenoxy) is 1. The molecular weight excluding hydrogens is 417 g/mol. The van der Waals surface area contributed by atoms with Crippen molar-refractivity contribution in [2.45, 2.75) is 51.2 Å². The summed E-state index contributed by atoms with van der Waals surface area (Å²) in [5, 5.41) is 4.95. The zero-order chi connectivity index (χ0) is 22.0. The molecule has 0 spiro atoms. The van der Waals surface area contributed by atoms with Crippen molar-refractivity contribution in [1.29, 1.82) is 0 Å². The summed E-state index contributed by atoms with van der Waals surface area (Å²) in [6.45, 7) is 4.76. The average Bonchev–Trinajstić information content (AvgIpc) is 3.46. The van der Waals surface area contributed by atoms with E-state index in [-0.39, 0.29) is 49.0 Å². The van der Waals surface area contributed by atoms with Crippen molar-refractivity contribution in [3.8, 4) is 5.75 Å². The number of benzene rings is 1. The maximum Gasteiger partial charge on any atom is 0.318 e. The minimum atomic E-state index is -0.318. The Morgan fingerprint density at radius 2 is 2.00 bits per heavy atom. The van der Waals surface area contributed by atoms with Crippen LogP contribution in [0.2, 0.25) is 0 Å². The minimum Gasteiger partial charge on any atom is -0.491 e. The molecule has 31 heavy (non-hydrogen) atoms. The molecule has 0 saturated heterocycles. The van der Waals surface area contributed by atoms with Gasteiger partial charge in [-0.15, -0.1) is 11.3 Å². The van der Waals surface area contributed by atoms with Crippen LogP contribution in [0.25, 0.3) is 0 Å². The summed E-state index contributed by atoms with van der Waals surface area (Å²) in [7, 11) is 0. The molecule has 0 radical (unpaired) electrons. The van der Waals surface area contributed by atoms with Crippen LogP contribution in [0.5, 0.6) is 5.75 Å². The van der Waals surface area contributed by atoms with Gasteiger partial charge >= 0.3 is 6.03 Å². The smallest absolute Gasteiger partial charge is 0.318 e. The molecule has 2 heterocycles. The topological polar surface area (TPSA) is 61.9 Å². The van der Waals surface area contributed by atoms with Gasteiger partial charge in [-0.25, -0.2) is 9.18 Å². The number of urea groups is 1. The number of carbonyl (C=O) groups is 2. The Bertz CT molecular complexity index is 926. The standard InChI is InChI=1S/C23H28FN3O3S/c1-15(2)25-23(29)27(17-5-6-17)13-22(28)26-11-9-21-19(10-12-31-21)20(26)14-30-18-7-3-16(24)4-8-18/h3-4,7-8,10,12,15,17,20H,5-6,9,11,13-14H2,1-2H3,(H,25,29)/t20-/m0/s1. The molecular formula is C23H28FN3O3S. The Labute approximate surface area is 186 Å². The number of hydrogen-bond donors (Lipinski definition) is 1. The third kappa shape index (κ3) is 5.18. The molecule has 1 atom stereocenters. The molecule has 4 rings (SSSR count). The normalized spacial score (nSPS) is 17.9. The number of fused-ring (bicyclic) bond motifs is 1. The van der Waals surface area contributed by atoms with E-state index in [1.165, 1.54) is 17.0 Å². The van der Waals surface area contributed by atoms with Gasteiger partial charge in [0, 0.05) is 23.5 Å². The van der Waals surface area contributed by atoms with Crippen LogP contribution in [-0.2, 0) is 11.2 Å². The van der Waals surface area contributed by atoms with E-state index in [9.17, 15) is 14.0 Å². The van der Waals surface area contributed by atoms with E-state index >= 15 is 0 Å². The first-order valence-corrected chi connectivity index (χ1v) is 11.6. The largest absolute Gasteiger partial charge is 0.491 e. The molecule has 1 aliphatic carbocycles. The number of hydrogen-bond acceptors (Lipinski definition) is 4. The van der Waals surface area contributed by atoms with Gasteiger partial charge in [0.05, 0.1) is 6.04 Å². The van der Waals surface area contributed by atoms with E-state index in [2.05, 4.69) is 5.32 Å². The first-order chi connectivity index (χ1) is 14.9. The summed E-state index contributed by atoms with van der Waals surface area (Å²) in [5.41, 5.74) is 1.09. The molecule has 0 unspecified atom stereocenters. The number of rotatable bonds is 7. The molecule has 2 aromatic rings. The predicted molar refractivity (Wildman–Crippen MR) is 118 cm³/mol. The van der Waals surface area contributed by atoms with E-state index < -0.39 is 0 Å². The third-order valence-corrected chi connectivity index (χ3v) is 6.60. The van der Waals surface area contributed by atoms with Gasteiger partial charge in [0.25, 0.3) is 0 Å². The van der Waals surface area contributed by atoms with Gasteiger partial charge in [0.15, 0.2) is 0 Å². The maximum atomic E-state index is 13.3. The highest BCUT2D eigenvalue weighted by molar-refractivity contribution is 7.10. The molecule has 2 aliphatic rings. The van der Waals surface area contributed by atoms with Crippen molar-refractivity contribution < 1.29 is 18.7 Å². The fraction of sp³-hybridized carbons (Fsp3) is 0.478. The monoisotopic (exact) mass is 445 g/mol. The summed E-state index contributed by atoms with van der Waals surface area (Å²) in [6, 6.07) is 7.67. The van der Waals surface area contributed by atoms with Gasteiger partial charge in [-0.3, -0.25) is 4.79 Å². The van der Waals surface area contributed by atoms with Crippen molar-refractivity contribution in [1.82, 2.24) is 15.1 Å². The number of halogens is 1. The number of thiophene rings is 1. The predicted octanol–water partition coefficient (Wildman–Crippen LogP) is 3.97. The lowest BCUT2D eigenvalue weighted by Crippen LogP contribution is -2.51. The molecule has 1 aromatic heterocycles. The molecule has 8 heteroatoms. The Morgan fingerprint density at radius 3 is 2.68 bits per heavy atom. The highest BCUT2D eigenvalue weighted by Crippen LogP contribution is 2.34. The third-order valence-electron chi connectivity index (χ3n) is 5.60. The molecule has 0 bridgehead atoms. The first-order valence-electron chi connectivity index (χ1n) is 10.7. The summed E-state index contributed by atoms with van der Waals surface area (Å²) in [6.07, 6.45) is 2.67. The number of amides is 3. The lowest BCUT2D eigenvalue weighted by molar-refractivity contribution is -0.135. The van der Waals surface area contributed by atoms with Crippen molar-refractivity contribution >= 4 is 23.3 Å². The molecule has 1 saturated carbocycles. The molecule has 166 valence electrons. The summed E-state index contributed by atoms with van der Waals surface area (Å²) >= 11 is 1.69. The van der Waals surface area contributed by atoms with Crippen LogP contribution in [0, 0.1) is 5.82 Å². The number of carbonyl (C=O) groups excluding carboxylic acids is 2. The van der Waals surface area contributed by atoms with Gasteiger partial charge < -0.3 is 19.9 Å². The zero-order valence-electron chi connectivity index (χ0n) is 17.8. The fourth-order valence-corrected chi connectivity index (χ4v) is 4.83. The Morgan fingerprint density at radius 1 is 1.26 bits per heavy atom. The van der Waals surface area contributed by atoms with Gasteiger partial charge in [-0.05, 0) is 74.4 Å². The zero-order valence-corrected chi connectivity index (χ0v) is 18.7. The van der Waals surface area contributed by atoms with Crippen LogP contribution >= 0.6 is 11.3 Å². The van der Waals surface area contributed by atoms with E-state index in [1.54, 1.807) is 28.4 Å². The van der Waals surface area contributed by atoms with Crippen LogP contribution in [0.15, 0.2) is 35.7 Å². The minimum absolute atomic E-state index is 0.0176. The van der Waals surface area contributed by atoms with Gasteiger partial charge in [-0.1, -0.05) is 0 Å². The first kappa shape index (κ1) is 21.6. The molecule has 1 aromatic carbocycles. The fourth-order valence-electron chi connectivity index (χ4n) is 3.90. The number of nitrogens with one attached hydrogen (secondary N) is 1. The highest BCUT2D eigenvalue weighted by atomic mass is 32.1. The lowest BCUT2D eigenvalue weighted by atomic mass is 10.0. The van der Waals surface area contributed by atoms with Crippen molar-refractivity contribution in [3.63, 3.8) is 0 Å². The molecule has 3 amide bonds.